The molecule has 0 aliphatic rings. The molecule has 110 valence electrons. The number of carboxylic acid groups (broad SMARTS) is 1. The molecule has 5 heteroatoms. The molecule has 0 aliphatic heterocycles. The zero-order valence-electron chi connectivity index (χ0n) is 12.0. The quantitative estimate of drug-likeness (QED) is 0.805. The highest BCUT2D eigenvalue weighted by Crippen LogP contribution is 2.14. The van der Waals surface area contributed by atoms with Gasteiger partial charge in [-0.3, -0.25) is 9.69 Å². The summed E-state index contributed by atoms with van der Waals surface area (Å²) in [5, 5.41) is 11.7. The maximum Gasteiger partial charge on any atom is 0.322 e. The lowest BCUT2D eigenvalue weighted by atomic mass is 10.2. The summed E-state index contributed by atoms with van der Waals surface area (Å²) < 4.78 is 0. The summed E-state index contributed by atoms with van der Waals surface area (Å²) in [4.78, 5) is 24.5. The third-order valence-corrected chi connectivity index (χ3v) is 3.18. The summed E-state index contributed by atoms with van der Waals surface area (Å²) in [6.45, 7) is 4.18. The Hall–Kier alpha value is -2.04. The Labute approximate surface area is 119 Å². The minimum absolute atomic E-state index is 0.0781. The number of carbonyl (C=O) groups excluding carboxylic acids is 1. The number of hydrogen-bond acceptors (Lipinski definition) is 2. The largest absolute Gasteiger partial charge is 0.481 e. The molecule has 0 aromatic heterocycles. The van der Waals surface area contributed by atoms with Gasteiger partial charge in [0.05, 0.1) is 6.42 Å². The molecule has 0 radical (unpaired) electrons. The van der Waals surface area contributed by atoms with Crippen LogP contribution in [0, 0.1) is 0 Å². The predicted octanol–water partition coefficient (Wildman–Crippen LogP) is 2.87. The Kier molecular flexibility index (Phi) is 6.56. The minimum Gasteiger partial charge on any atom is -0.481 e. The number of carboxylic acids is 1. The van der Waals surface area contributed by atoms with Crippen LogP contribution in [0.1, 0.15) is 33.1 Å². The lowest BCUT2D eigenvalue weighted by molar-refractivity contribution is -0.136. The van der Waals surface area contributed by atoms with Crippen molar-refractivity contribution in [2.45, 2.75) is 39.2 Å². The van der Waals surface area contributed by atoms with Gasteiger partial charge < -0.3 is 10.4 Å². The number of nitrogens with one attached hydrogen (secondary N) is 1. The molecule has 1 aromatic rings. The molecule has 0 unspecified atom stereocenters. The molecule has 0 bridgehead atoms. The molecule has 1 rings (SSSR count). The van der Waals surface area contributed by atoms with Gasteiger partial charge in [0.25, 0.3) is 0 Å². The van der Waals surface area contributed by atoms with Gasteiger partial charge in [-0.25, -0.2) is 4.79 Å². The number of anilines is 1. The number of urea groups is 1. The Bertz CT molecular complexity index is 430. The van der Waals surface area contributed by atoms with Gasteiger partial charge in [-0.1, -0.05) is 32.0 Å². The van der Waals surface area contributed by atoms with Gasteiger partial charge in [0.2, 0.25) is 0 Å². The van der Waals surface area contributed by atoms with Crippen LogP contribution in [0.5, 0.6) is 0 Å². The van der Waals surface area contributed by atoms with E-state index in [1.807, 2.05) is 32.0 Å². The van der Waals surface area contributed by atoms with E-state index < -0.39 is 5.97 Å². The second-order valence-electron chi connectivity index (χ2n) is 4.59. The van der Waals surface area contributed by atoms with E-state index in [9.17, 15) is 9.59 Å². The Morgan fingerprint density at radius 2 is 1.80 bits per heavy atom. The summed E-state index contributed by atoms with van der Waals surface area (Å²) in [6, 6.07) is 8.98. The monoisotopic (exact) mass is 278 g/mol. The molecule has 20 heavy (non-hydrogen) atoms. The van der Waals surface area contributed by atoms with Gasteiger partial charge in [0, 0.05) is 18.3 Å². The molecule has 5 nitrogen and oxygen atoms in total. The number of amides is 2. The van der Waals surface area contributed by atoms with Crippen LogP contribution in [0.2, 0.25) is 0 Å². The minimum atomic E-state index is -0.915. The van der Waals surface area contributed by atoms with Crippen molar-refractivity contribution < 1.29 is 14.7 Å². The molecule has 0 atom stereocenters. The van der Waals surface area contributed by atoms with E-state index in [-0.39, 0.29) is 25.0 Å². The molecule has 0 aliphatic carbocycles. The smallest absolute Gasteiger partial charge is 0.322 e. The predicted molar refractivity (Wildman–Crippen MR) is 78.9 cm³/mol. The maximum absolute atomic E-state index is 12.3. The van der Waals surface area contributed by atoms with E-state index >= 15 is 0 Å². The first kappa shape index (κ1) is 16.0. The molecule has 0 saturated carbocycles. The first-order valence-electron chi connectivity index (χ1n) is 6.93. The zero-order chi connectivity index (χ0) is 15.0. The van der Waals surface area contributed by atoms with E-state index in [0.717, 1.165) is 12.8 Å². The van der Waals surface area contributed by atoms with Crippen molar-refractivity contribution in [3.63, 3.8) is 0 Å². The van der Waals surface area contributed by atoms with E-state index in [2.05, 4.69) is 5.32 Å². The first-order chi connectivity index (χ1) is 9.58. The second-order valence-corrected chi connectivity index (χ2v) is 4.59. The fraction of sp³-hybridized carbons (Fsp3) is 0.467. The number of aliphatic carboxylic acids is 1. The zero-order valence-corrected chi connectivity index (χ0v) is 12.0. The number of carbonyl (C=O) groups is 2. The van der Waals surface area contributed by atoms with Crippen molar-refractivity contribution in [3.8, 4) is 0 Å². The molecule has 0 fully saturated rings. The van der Waals surface area contributed by atoms with Crippen LogP contribution in [-0.2, 0) is 4.79 Å². The van der Waals surface area contributed by atoms with Crippen LogP contribution in [0.15, 0.2) is 30.3 Å². The Morgan fingerprint density at radius 1 is 1.20 bits per heavy atom. The molecular weight excluding hydrogens is 256 g/mol. The van der Waals surface area contributed by atoms with E-state index in [4.69, 9.17) is 5.11 Å². The average molecular weight is 278 g/mol. The number of hydrogen-bond donors (Lipinski definition) is 2. The second kappa shape index (κ2) is 8.19. The Balaban J connectivity index is 2.81. The van der Waals surface area contributed by atoms with Crippen LogP contribution in [-0.4, -0.2) is 29.7 Å². The lowest BCUT2D eigenvalue weighted by Gasteiger charge is -2.25. The first-order valence-corrected chi connectivity index (χ1v) is 6.93. The highest BCUT2D eigenvalue weighted by atomic mass is 16.4. The molecular formula is C15H22N2O3. The van der Waals surface area contributed by atoms with Crippen molar-refractivity contribution in [2.75, 3.05) is 11.4 Å². The van der Waals surface area contributed by atoms with E-state index in [1.165, 1.54) is 4.90 Å². The normalized spacial score (nSPS) is 10.3. The highest BCUT2D eigenvalue weighted by molar-refractivity contribution is 5.92. The number of rotatable bonds is 7. The lowest BCUT2D eigenvalue weighted by Crippen LogP contribution is -2.45. The van der Waals surface area contributed by atoms with E-state index in [0.29, 0.717) is 5.69 Å². The van der Waals surface area contributed by atoms with Crippen molar-refractivity contribution in [3.05, 3.63) is 30.3 Å². The summed E-state index contributed by atoms with van der Waals surface area (Å²) in [7, 11) is 0. The standard InChI is InChI=1S/C15H22N2O3/c1-3-12(4-2)16-15(20)17(11-10-14(18)19)13-8-6-5-7-9-13/h5-9,12H,3-4,10-11H2,1-2H3,(H,16,20)(H,18,19). The van der Waals surface area contributed by atoms with Crippen LogP contribution in [0.25, 0.3) is 0 Å². The van der Waals surface area contributed by atoms with Crippen LogP contribution in [0.4, 0.5) is 10.5 Å². The van der Waals surface area contributed by atoms with Crippen molar-refractivity contribution >= 4 is 17.7 Å². The third-order valence-electron chi connectivity index (χ3n) is 3.18. The van der Waals surface area contributed by atoms with Crippen LogP contribution < -0.4 is 10.2 Å². The number of para-hydroxylation sites is 1. The number of benzene rings is 1. The maximum atomic E-state index is 12.3. The van der Waals surface area contributed by atoms with Crippen molar-refractivity contribution in [1.29, 1.82) is 0 Å². The van der Waals surface area contributed by atoms with Gasteiger partial charge in [-0.15, -0.1) is 0 Å². The SMILES string of the molecule is CCC(CC)NC(=O)N(CCC(=O)O)c1ccccc1. The summed E-state index contributed by atoms with van der Waals surface area (Å²) in [5.74, 6) is -0.915. The molecule has 0 saturated heterocycles. The molecule has 2 N–H and O–H groups in total. The molecule has 2 amide bonds. The Morgan fingerprint density at radius 3 is 2.30 bits per heavy atom. The van der Waals surface area contributed by atoms with Crippen molar-refractivity contribution in [2.24, 2.45) is 0 Å². The number of nitrogens with zero attached hydrogens (tertiary/aromatic N) is 1. The van der Waals surface area contributed by atoms with Gasteiger partial charge in [-0.2, -0.15) is 0 Å². The highest BCUT2D eigenvalue weighted by Gasteiger charge is 2.18. The summed E-state index contributed by atoms with van der Waals surface area (Å²) in [5.41, 5.74) is 0.706. The van der Waals surface area contributed by atoms with Gasteiger partial charge in [0.1, 0.15) is 0 Å². The van der Waals surface area contributed by atoms with Crippen LogP contribution >= 0.6 is 0 Å². The molecule has 0 spiro atoms. The average Bonchev–Trinajstić information content (AvgIpc) is 2.45. The van der Waals surface area contributed by atoms with Crippen LogP contribution in [0.3, 0.4) is 0 Å². The van der Waals surface area contributed by atoms with Gasteiger partial charge >= 0.3 is 12.0 Å². The fourth-order valence-electron chi connectivity index (χ4n) is 1.91. The summed E-state index contributed by atoms with van der Waals surface area (Å²) >= 11 is 0. The fourth-order valence-corrected chi connectivity index (χ4v) is 1.91. The molecule has 0 heterocycles. The summed E-state index contributed by atoms with van der Waals surface area (Å²) in [6.07, 6.45) is 1.62. The topological polar surface area (TPSA) is 69.6 Å². The van der Waals surface area contributed by atoms with E-state index in [1.54, 1.807) is 12.1 Å². The van der Waals surface area contributed by atoms with Gasteiger partial charge in [-0.05, 0) is 25.0 Å². The van der Waals surface area contributed by atoms with Gasteiger partial charge in [0.15, 0.2) is 0 Å². The third kappa shape index (κ3) is 4.91. The molecule has 1 aromatic carbocycles. The van der Waals surface area contributed by atoms with Crippen molar-refractivity contribution in [1.82, 2.24) is 5.32 Å².